The predicted molar refractivity (Wildman–Crippen MR) is 52.9 cm³/mol. The molecular formula is C8H23N3O. The molecule has 0 heterocycles. The zero-order valence-electron chi connectivity index (χ0n) is 8.84. The van der Waals surface area contributed by atoms with E-state index in [2.05, 4.69) is 38.0 Å². The second-order valence-corrected chi connectivity index (χ2v) is 3.22. The predicted octanol–water partition coefficient (Wildman–Crippen LogP) is 0.288. The van der Waals surface area contributed by atoms with E-state index in [0.29, 0.717) is 0 Å². The van der Waals surface area contributed by atoms with E-state index in [1.165, 1.54) is 0 Å². The van der Waals surface area contributed by atoms with Crippen LogP contribution in [-0.4, -0.2) is 64.3 Å². The molecule has 12 heavy (non-hydrogen) atoms. The Morgan fingerprint density at radius 2 is 1.17 bits per heavy atom. The van der Waals surface area contributed by atoms with Crippen molar-refractivity contribution in [3.8, 4) is 0 Å². The second kappa shape index (κ2) is 8.93. The van der Waals surface area contributed by atoms with Crippen LogP contribution in [0.1, 0.15) is 0 Å². The standard InChI is InChI=1S/C8H20N2O.H3N/c1-9(2)5-7-11-8-6-10(3)4;/h5-8H2,1-4H3;1H3. The molecule has 0 amide bonds. The molecule has 0 aliphatic carbocycles. The number of nitrogens with zero attached hydrogens (tertiary/aromatic N) is 2. The van der Waals surface area contributed by atoms with E-state index in [1.54, 1.807) is 0 Å². The van der Waals surface area contributed by atoms with Crippen LogP contribution >= 0.6 is 0 Å². The number of likely N-dealkylation sites (N-methyl/N-ethyl adjacent to an activating group) is 2. The minimum atomic E-state index is 0. The first-order valence-corrected chi connectivity index (χ1v) is 4.00. The zero-order valence-corrected chi connectivity index (χ0v) is 8.84. The molecule has 0 aliphatic heterocycles. The Labute approximate surface area is 76.1 Å². The van der Waals surface area contributed by atoms with E-state index in [0.717, 1.165) is 26.3 Å². The van der Waals surface area contributed by atoms with Crippen molar-refractivity contribution in [3.63, 3.8) is 0 Å². The van der Waals surface area contributed by atoms with Gasteiger partial charge in [-0.25, -0.2) is 0 Å². The second-order valence-electron chi connectivity index (χ2n) is 3.22. The Hall–Kier alpha value is -0.160. The monoisotopic (exact) mass is 177 g/mol. The summed E-state index contributed by atoms with van der Waals surface area (Å²) in [5.41, 5.74) is 0. The highest BCUT2D eigenvalue weighted by molar-refractivity contribution is 4.42. The highest BCUT2D eigenvalue weighted by Crippen LogP contribution is 1.80. The topological polar surface area (TPSA) is 50.7 Å². The van der Waals surface area contributed by atoms with Crippen LogP contribution in [0.5, 0.6) is 0 Å². The van der Waals surface area contributed by atoms with Gasteiger partial charge in [-0.1, -0.05) is 0 Å². The van der Waals surface area contributed by atoms with Crippen LogP contribution in [0.25, 0.3) is 0 Å². The Morgan fingerprint density at radius 1 is 0.833 bits per heavy atom. The average molecular weight is 177 g/mol. The molecule has 0 aromatic carbocycles. The van der Waals surface area contributed by atoms with Gasteiger partial charge in [0.1, 0.15) is 0 Å². The van der Waals surface area contributed by atoms with E-state index in [1.807, 2.05) is 0 Å². The van der Waals surface area contributed by atoms with Crippen LogP contribution < -0.4 is 6.15 Å². The summed E-state index contributed by atoms with van der Waals surface area (Å²) in [4.78, 5) is 4.24. The van der Waals surface area contributed by atoms with Crippen molar-refractivity contribution in [2.45, 2.75) is 0 Å². The summed E-state index contributed by atoms with van der Waals surface area (Å²) in [5, 5.41) is 0. The van der Waals surface area contributed by atoms with Crippen LogP contribution in [0, 0.1) is 0 Å². The van der Waals surface area contributed by atoms with Crippen molar-refractivity contribution in [2.75, 3.05) is 54.5 Å². The van der Waals surface area contributed by atoms with E-state index >= 15 is 0 Å². The first kappa shape index (κ1) is 14.4. The lowest BCUT2D eigenvalue weighted by Gasteiger charge is -2.12. The summed E-state index contributed by atoms with van der Waals surface area (Å²) >= 11 is 0. The molecule has 76 valence electrons. The van der Waals surface area contributed by atoms with E-state index in [4.69, 9.17) is 4.74 Å². The van der Waals surface area contributed by atoms with Crippen LogP contribution in [0.3, 0.4) is 0 Å². The number of rotatable bonds is 6. The summed E-state index contributed by atoms with van der Waals surface area (Å²) < 4.78 is 5.37. The molecule has 0 fully saturated rings. The van der Waals surface area contributed by atoms with E-state index in [-0.39, 0.29) is 6.15 Å². The average Bonchev–Trinajstić information content (AvgIpc) is 1.85. The van der Waals surface area contributed by atoms with Gasteiger partial charge in [0, 0.05) is 13.1 Å². The lowest BCUT2D eigenvalue weighted by atomic mass is 10.6. The molecule has 0 bridgehead atoms. The number of ether oxygens (including phenoxy) is 1. The fourth-order valence-corrected chi connectivity index (χ4v) is 0.596. The summed E-state index contributed by atoms with van der Waals surface area (Å²) in [6.07, 6.45) is 0. The van der Waals surface area contributed by atoms with Gasteiger partial charge in [-0.15, -0.1) is 0 Å². The third-order valence-electron chi connectivity index (χ3n) is 1.37. The Balaban J connectivity index is 0. The molecular weight excluding hydrogens is 154 g/mol. The van der Waals surface area contributed by atoms with Gasteiger partial charge in [0.25, 0.3) is 0 Å². The zero-order chi connectivity index (χ0) is 8.69. The van der Waals surface area contributed by atoms with Gasteiger partial charge in [0.15, 0.2) is 0 Å². The Kier molecular flexibility index (Phi) is 10.7. The molecule has 0 saturated carbocycles. The largest absolute Gasteiger partial charge is 0.379 e. The maximum absolute atomic E-state index is 5.37. The van der Waals surface area contributed by atoms with Crippen molar-refractivity contribution >= 4 is 0 Å². The molecule has 3 N–H and O–H groups in total. The van der Waals surface area contributed by atoms with Crippen molar-refractivity contribution in [2.24, 2.45) is 0 Å². The molecule has 0 aromatic heterocycles. The van der Waals surface area contributed by atoms with Gasteiger partial charge in [0.2, 0.25) is 0 Å². The summed E-state index contributed by atoms with van der Waals surface area (Å²) in [5.74, 6) is 0. The normalized spacial score (nSPS) is 10.5. The van der Waals surface area contributed by atoms with E-state index in [9.17, 15) is 0 Å². The fourth-order valence-electron chi connectivity index (χ4n) is 0.596. The third-order valence-corrected chi connectivity index (χ3v) is 1.37. The SMILES string of the molecule is CN(C)CCOCCN(C)C.N. The molecule has 0 rings (SSSR count). The maximum Gasteiger partial charge on any atom is 0.0593 e. The minimum Gasteiger partial charge on any atom is -0.379 e. The Bertz CT molecular complexity index is 76.4. The smallest absolute Gasteiger partial charge is 0.0593 e. The highest BCUT2D eigenvalue weighted by atomic mass is 16.5. The molecule has 0 radical (unpaired) electrons. The minimum absolute atomic E-state index is 0. The highest BCUT2D eigenvalue weighted by Gasteiger charge is 1.91. The summed E-state index contributed by atoms with van der Waals surface area (Å²) in [6.45, 7) is 3.68. The van der Waals surface area contributed by atoms with E-state index < -0.39 is 0 Å². The van der Waals surface area contributed by atoms with Gasteiger partial charge in [0.05, 0.1) is 13.2 Å². The van der Waals surface area contributed by atoms with Crippen LogP contribution in [0.15, 0.2) is 0 Å². The molecule has 0 aromatic rings. The Morgan fingerprint density at radius 3 is 1.42 bits per heavy atom. The van der Waals surface area contributed by atoms with Crippen molar-refractivity contribution in [1.82, 2.24) is 16.0 Å². The van der Waals surface area contributed by atoms with Gasteiger partial charge in [-0.2, -0.15) is 0 Å². The van der Waals surface area contributed by atoms with Gasteiger partial charge >= 0.3 is 0 Å². The molecule has 0 atom stereocenters. The quantitative estimate of drug-likeness (QED) is 0.592. The van der Waals surface area contributed by atoms with Gasteiger partial charge in [-0.05, 0) is 28.2 Å². The fraction of sp³-hybridized carbons (Fsp3) is 1.00. The number of hydrogen-bond acceptors (Lipinski definition) is 4. The first-order chi connectivity index (χ1) is 5.13. The van der Waals surface area contributed by atoms with Crippen molar-refractivity contribution < 1.29 is 4.74 Å². The maximum atomic E-state index is 5.37. The van der Waals surface area contributed by atoms with Gasteiger partial charge in [-0.3, -0.25) is 0 Å². The van der Waals surface area contributed by atoms with Crippen molar-refractivity contribution in [3.05, 3.63) is 0 Å². The summed E-state index contributed by atoms with van der Waals surface area (Å²) in [6, 6.07) is 0. The van der Waals surface area contributed by atoms with Crippen molar-refractivity contribution in [1.29, 1.82) is 0 Å². The molecule has 0 aliphatic rings. The molecule has 0 spiro atoms. The summed E-state index contributed by atoms with van der Waals surface area (Å²) in [7, 11) is 8.20. The van der Waals surface area contributed by atoms with Crippen LogP contribution in [-0.2, 0) is 4.74 Å². The third kappa shape index (κ3) is 12.5. The molecule has 4 heteroatoms. The molecule has 4 nitrogen and oxygen atoms in total. The lowest BCUT2D eigenvalue weighted by Crippen LogP contribution is -2.22. The van der Waals surface area contributed by atoms with Crippen LogP contribution in [0.2, 0.25) is 0 Å². The number of hydrogen-bond donors (Lipinski definition) is 1. The van der Waals surface area contributed by atoms with Gasteiger partial charge < -0.3 is 20.7 Å². The molecule has 0 unspecified atom stereocenters. The first-order valence-electron chi connectivity index (χ1n) is 4.00. The van der Waals surface area contributed by atoms with Crippen LogP contribution in [0.4, 0.5) is 0 Å². The lowest BCUT2D eigenvalue weighted by molar-refractivity contribution is 0.104. The molecule has 0 saturated heterocycles.